The molecule has 0 radical (unpaired) electrons. The highest BCUT2D eigenvalue weighted by Crippen LogP contribution is 2.60. The van der Waals surface area contributed by atoms with Crippen LogP contribution >= 0.6 is 0 Å². The maximum atomic E-state index is 11.2. The van der Waals surface area contributed by atoms with E-state index in [-0.39, 0.29) is 11.8 Å². The second-order valence-corrected chi connectivity index (χ2v) is 20.2. The van der Waals surface area contributed by atoms with Gasteiger partial charge in [-0.05, 0) is 128 Å². The highest BCUT2D eigenvalue weighted by molar-refractivity contribution is 6.26. The lowest BCUT2D eigenvalue weighted by Crippen LogP contribution is -2.28. The molecule has 0 saturated heterocycles. The second kappa shape index (κ2) is 15.4. The molecule has 62 heavy (non-hydrogen) atoms. The van der Waals surface area contributed by atoms with Crippen molar-refractivity contribution in [1.29, 1.82) is 5.26 Å². The SMILES string of the molecule is CC(C)c1cc(C(C)C)c(-c2cc3c4c5c(ncc4n4c6cc(C#N)c7c(c6c(c2)c34)C2c3ccccc3C7c3ccccc32)CCCCCCCCCCCC5)c(C(C)C)c1. The summed E-state index contributed by atoms with van der Waals surface area (Å²) in [4.78, 5) is 5.44. The summed E-state index contributed by atoms with van der Waals surface area (Å²) in [5.41, 5.74) is 22.3. The lowest BCUT2D eigenvalue weighted by Gasteiger charge is -2.43. The van der Waals surface area contributed by atoms with Crippen molar-refractivity contribution in [2.24, 2.45) is 0 Å². The fourth-order valence-electron chi connectivity index (χ4n) is 12.5. The van der Waals surface area contributed by atoms with E-state index >= 15 is 0 Å². The van der Waals surface area contributed by atoms with Gasteiger partial charge in [0.15, 0.2) is 0 Å². The highest BCUT2D eigenvalue weighted by atomic mass is 14.9. The summed E-state index contributed by atoms with van der Waals surface area (Å²) in [6.07, 6.45) is 17.4. The Kier molecular flexibility index (Phi) is 9.79. The molecule has 3 nitrogen and oxygen atoms in total. The van der Waals surface area contributed by atoms with Crippen LogP contribution in [0.3, 0.4) is 0 Å². The third kappa shape index (κ3) is 5.92. The monoisotopic (exact) mass is 811 g/mol. The number of rotatable bonds is 4. The molecule has 0 fully saturated rings. The lowest BCUT2D eigenvalue weighted by molar-refractivity contribution is 0.545. The van der Waals surface area contributed by atoms with E-state index in [1.54, 1.807) is 0 Å². The van der Waals surface area contributed by atoms with Gasteiger partial charge in [0, 0.05) is 39.1 Å². The van der Waals surface area contributed by atoms with Crippen LogP contribution in [0.25, 0.3) is 49.2 Å². The second-order valence-electron chi connectivity index (χ2n) is 20.2. The fraction of sp³-hybridized carbons (Fsp3) is 0.390. The van der Waals surface area contributed by atoms with Crippen LogP contribution in [0.4, 0.5) is 0 Å². The zero-order valence-corrected chi connectivity index (χ0v) is 37.8. The minimum Gasteiger partial charge on any atom is -0.306 e. The van der Waals surface area contributed by atoms with Gasteiger partial charge in [-0.3, -0.25) is 4.98 Å². The molecule has 4 aliphatic carbocycles. The minimum absolute atomic E-state index is 0.0255. The number of hydrogen-bond acceptors (Lipinski definition) is 2. The molecule has 0 unspecified atom stereocenters. The number of aromatic nitrogens is 2. The Morgan fingerprint density at radius 3 is 1.63 bits per heavy atom. The Morgan fingerprint density at radius 1 is 0.581 bits per heavy atom. The van der Waals surface area contributed by atoms with Crippen molar-refractivity contribution < 1.29 is 0 Å². The Bertz CT molecular complexity index is 3020. The van der Waals surface area contributed by atoms with Gasteiger partial charge in [0.2, 0.25) is 0 Å². The van der Waals surface area contributed by atoms with Crippen molar-refractivity contribution in [1.82, 2.24) is 9.38 Å². The lowest BCUT2D eigenvalue weighted by atomic mass is 9.59. The molecule has 0 amide bonds. The van der Waals surface area contributed by atoms with Crippen LogP contribution in [0.5, 0.6) is 0 Å². The Morgan fingerprint density at radius 2 is 1.10 bits per heavy atom. The summed E-state index contributed by atoms with van der Waals surface area (Å²) in [7, 11) is 0. The number of hydrogen-bond donors (Lipinski definition) is 0. The molecule has 0 atom stereocenters. The molecule has 2 bridgehead atoms. The average Bonchev–Trinajstić information content (AvgIpc) is 3.80. The summed E-state index contributed by atoms with van der Waals surface area (Å²) < 4.78 is 2.55. The topological polar surface area (TPSA) is 41.1 Å². The Balaban J connectivity index is 1.29. The van der Waals surface area contributed by atoms with Crippen LogP contribution in [0.2, 0.25) is 0 Å². The molecule has 0 saturated carbocycles. The summed E-state index contributed by atoms with van der Waals surface area (Å²) in [5.74, 6) is 1.26. The molecule has 4 aliphatic rings. The van der Waals surface area contributed by atoms with Crippen molar-refractivity contribution in [3.8, 4) is 17.2 Å². The molecule has 312 valence electrons. The van der Waals surface area contributed by atoms with Crippen molar-refractivity contribution in [2.45, 2.75) is 148 Å². The van der Waals surface area contributed by atoms with Gasteiger partial charge >= 0.3 is 0 Å². The number of nitrogens with zero attached hydrogens (tertiary/aromatic N) is 3. The molecule has 3 heterocycles. The molecular formula is C59H61N3. The first-order valence-corrected chi connectivity index (χ1v) is 24.2. The minimum atomic E-state index is 0.0255. The zero-order valence-electron chi connectivity index (χ0n) is 37.8. The molecule has 12 rings (SSSR count). The number of fused-ring (bicyclic) bond motifs is 8. The smallest absolute Gasteiger partial charge is 0.0995 e. The first-order chi connectivity index (χ1) is 30.3. The van der Waals surface area contributed by atoms with Crippen molar-refractivity contribution in [3.05, 3.63) is 152 Å². The summed E-state index contributed by atoms with van der Waals surface area (Å²) in [5, 5.41) is 16.6. The van der Waals surface area contributed by atoms with Gasteiger partial charge in [-0.1, -0.05) is 154 Å². The molecule has 5 aromatic carbocycles. The van der Waals surface area contributed by atoms with Crippen LogP contribution in [0.1, 0.15) is 202 Å². The van der Waals surface area contributed by atoms with E-state index in [0.29, 0.717) is 17.8 Å². The number of nitriles is 1. The maximum Gasteiger partial charge on any atom is 0.0995 e. The van der Waals surface area contributed by atoms with Gasteiger partial charge < -0.3 is 4.40 Å². The van der Waals surface area contributed by atoms with Gasteiger partial charge in [-0.2, -0.15) is 5.26 Å². The first-order valence-electron chi connectivity index (χ1n) is 24.2. The molecular weight excluding hydrogens is 751 g/mol. The number of aryl methyl sites for hydroxylation is 2. The van der Waals surface area contributed by atoms with Gasteiger partial charge in [0.1, 0.15) is 0 Å². The Hall–Kier alpha value is -5.46. The summed E-state index contributed by atoms with van der Waals surface area (Å²) in [6.45, 7) is 14.2. The largest absolute Gasteiger partial charge is 0.306 e. The van der Waals surface area contributed by atoms with E-state index in [0.717, 1.165) is 23.9 Å². The van der Waals surface area contributed by atoms with E-state index < -0.39 is 0 Å². The van der Waals surface area contributed by atoms with Crippen LogP contribution in [0.15, 0.2) is 85.1 Å². The number of benzene rings is 5. The van der Waals surface area contributed by atoms with Gasteiger partial charge in [0.25, 0.3) is 0 Å². The summed E-state index contributed by atoms with van der Waals surface area (Å²) in [6, 6.07) is 33.4. The third-order valence-electron chi connectivity index (χ3n) is 15.4. The predicted molar refractivity (Wildman–Crippen MR) is 260 cm³/mol. The predicted octanol–water partition coefficient (Wildman–Crippen LogP) is 16.1. The van der Waals surface area contributed by atoms with Gasteiger partial charge in [-0.15, -0.1) is 0 Å². The summed E-state index contributed by atoms with van der Waals surface area (Å²) >= 11 is 0. The molecule has 0 spiro atoms. The van der Waals surface area contributed by atoms with E-state index in [1.807, 2.05) is 0 Å². The van der Waals surface area contributed by atoms with E-state index in [9.17, 15) is 5.26 Å². The van der Waals surface area contributed by atoms with Crippen molar-refractivity contribution >= 4 is 38.1 Å². The third-order valence-corrected chi connectivity index (χ3v) is 15.4. The molecule has 3 aromatic heterocycles. The molecule has 0 aliphatic heterocycles. The van der Waals surface area contributed by atoms with Crippen molar-refractivity contribution in [2.75, 3.05) is 0 Å². The zero-order chi connectivity index (χ0) is 42.4. The first kappa shape index (κ1) is 39.4. The van der Waals surface area contributed by atoms with E-state index in [2.05, 4.69) is 137 Å². The standard InChI is InChI=1S/C59H61N3/c1-34(2)37-27-45(35(3)4)52(46(28-37)36(5)6)38-29-47-54-44-25-15-13-11-9-7-8-10-12-14-16-26-49(44)61-33-51(54)62-50-31-39(32-60)53-55-40-21-17-19-23-42(40)56(43-24-20-18-22-41(43)55)58(53)57(50)48(30-38)59(47)62/h17-24,27-31,33-36,55-56H,7-16,25-26H2,1-6H3. The van der Waals surface area contributed by atoms with Gasteiger partial charge in [0.05, 0.1) is 34.4 Å². The van der Waals surface area contributed by atoms with E-state index in [1.165, 1.54) is 169 Å². The number of pyridine rings is 1. The normalized spacial score (nSPS) is 18.1. The van der Waals surface area contributed by atoms with Crippen LogP contribution < -0.4 is 0 Å². The van der Waals surface area contributed by atoms with Crippen molar-refractivity contribution in [3.63, 3.8) is 0 Å². The molecule has 8 aromatic rings. The van der Waals surface area contributed by atoms with Crippen LogP contribution in [-0.4, -0.2) is 9.38 Å². The Labute approximate surface area is 368 Å². The van der Waals surface area contributed by atoms with E-state index in [4.69, 9.17) is 4.98 Å². The van der Waals surface area contributed by atoms with Crippen LogP contribution in [0, 0.1) is 11.3 Å². The highest BCUT2D eigenvalue weighted by Gasteiger charge is 2.44. The molecule has 0 N–H and O–H groups in total. The maximum absolute atomic E-state index is 11.2. The average molecular weight is 812 g/mol. The molecule has 3 heteroatoms. The van der Waals surface area contributed by atoms with Crippen LogP contribution in [-0.2, 0) is 12.8 Å². The van der Waals surface area contributed by atoms with Gasteiger partial charge in [-0.25, -0.2) is 0 Å². The fourth-order valence-corrected chi connectivity index (χ4v) is 12.5. The quantitative estimate of drug-likeness (QED) is 0.178.